The maximum Gasteiger partial charge on any atom is 0.337 e. The minimum absolute atomic E-state index is 0.00419. The third-order valence-corrected chi connectivity index (χ3v) is 3.53. The number of amides is 1. The van der Waals surface area contributed by atoms with Crippen LogP contribution in [0.4, 0.5) is 10.1 Å². The molecule has 0 fully saturated rings. The molecular formula is C15H11BrFNO3. The van der Waals surface area contributed by atoms with Gasteiger partial charge in [-0.3, -0.25) is 4.79 Å². The normalized spacial score (nSPS) is 10.2. The first-order valence-electron chi connectivity index (χ1n) is 5.99. The Hall–Kier alpha value is -2.21. The number of aryl methyl sites for hydroxylation is 1. The first-order chi connectivity index (χ1) is 9.90. The number of nitrogens with one attached hydrogen (secondary N) is 1. The van der Waals surface area contributed by atoms with Crippen LogP contribution in [-0.4, -0.2) is 17.0 Å². The number of carbonyl (C=O) groups is 2. The second-order valence-electron chi connectivity index (χ2n) is 4.39. The van der Waals surface area contributed by atoms with E-state index in [4.69, 9.17) is 5.11 Å². The van der Waals surface area contributed by atoms with Crippen LogP contribution in [0.5, 0.6) is 0 Å². The Labute approximate surface area is 128 Å². The fourth-order valence-corrected chi connectivity index (χ4v) is 2.21. The van der Waals surface area contributed by atoms with Gasteiger partial charge in [-0.1, -0.05) is 12.1 Å². The summed E-state index contributed by atoms with van der Waals surface area (Å²) in [5.41, 5.74) is 1.09. The number of rotatable bonds is 3. The molecule has 0 radical (unpaired) electrons. The fraction of sp³-hybridized carbons (Fsp3) is 0.0667. The number of carbonyl (C=O) groups excluding carboxylic acids is 1. The van der Waals surface area contributed by atoms with Crippen LogP contribution in [0, 0.1) is 12.7 Å². The molecule has 0 unspecified atom stereocenters. The number of aromatic carboxylic acids is 1. The number of carboxylic acid groups (broad SMARTS) is 1. The molecule has 0 aromatic heterocycles. The number of anilines is 1. The predicted molar refractivity (Wildman–Crippen MR) is 80.2 cm³/mol. The molecule has 0 bridgehead atoms. The van der Waals surface area contributed by atoms with Crippen molar-refractivity contribution in [3.05, 3.63) is 63.4 Å². The highest BCUT2D eigenvalue weighted by Gasteiger charge is 2.16. The molecule has 0 spiro atoms. The molecule has 0 saturated heterocycles. The van der Waals surface area contributed by atoms with E-state index in [1.807, 2.05) is 0 Å². The molecule has 108 valence electrons. The van der Waals surface area contributed by atoms with Gasteiger partial charge in [0.2, 0.25) is 0 Å². The van der Waals surface area contributed by atoms with E-state index in [0.717, 1.165) is 6.07 Å². The van der Waals surface area contributed by atoms with Crippen LogP contribution >= 0.6 is 15.9 Å². The molecule has 4 nitrogen and oxygen atoms in total. The zero-order chi connectivity index (χ0) is 15.6. The molecule has 0 atom stereocenters. The second-order valence-corrected chi connectivity index (χ2v) is 5.24. The third kappa shape index (κ3) is 3.28. The molecule has 1 amide bonds. The number of benzene rings is 2. The van der Waals surface area contributed by atoms with Gasteiger partial charge < -0.3 is 10.4 Å². The van der Waals surface area contributed by atoms with Gasteiger partial charge >= 0.3 is 5.97 Å². The first kappa shape index (κ1) is 15.2. The summed E-state index contributed by atoms with van der Waals surface area (Å²) in [6.07, 6.45) is 0. The van der Waals surface area contributed by atoms with E-state index in [-0.39, 0.29) is 21.3 Å². The quantitative estimate of drug-likeness (QED) is 0.882. The van der Waals surface area contributed by atoms with Crippen LogP contribution in [0.2, 0.25) is 0 Å². The van der Waals surface area contributed by atoms with E-state index >= 15 is 0 Å². The Morgan fingerprint density at radius 1 is 1.24 bits per heavy atom. The van der Waals surface area contributed by atoms with Crippen LogP contribution < -0.4 is 5.32 Å². The molecule has 0 aliphatic rings. The Balaban J connectivity index is 2.36. The third-order valence-electron chi connectivity index (χ3n) is 2.92. The molecule has 0 aliphatic carbocycles. The van der Waals surface area contributed by atoms with Crippen molar-refractivity contribution in [2.75, 3.05) is 5.32 Å². The van der Waals surface area contributed by atoms with Gasteiger partial charge in [0.25, 0.3) is 5.91 Å². The van der Waals surface area contributed by atoms with Crippen molar-refractivity contribution in [2.24, 2.45) is 0 Å². The summed E-state index contributed by atoms with van der Waals surface area (Å²) in [5, 5.41) is 11.7. The molecular weight excluding hydrogens is 341 g/mol. The number of para-hydroxylation sites is 1. The highest BCUT2D eigenvalue weighted by Crippen LogP contribution is 2.23. The molecule has 2 aromatic rings. The molecule has 0 heterocycles. The highest BCUT2D eigenvalue weighted by atomic mass is 79.9. The standard InChI is InChI=1S/C15H11BrFNO3/c1-8-3-2-4-10(15(20)21)13(8)18-14(19)9-5-6-12(17)11(16)7-9/h2-7H,1H3,(H,18,19)(H,20,21). The monoisotopic (exact) mass is 351 g/mol. The Kier molecular flexibility index (Phi) is 4.37. The zero-order valence-corrected chi connectivity index (χ0v) is 12.6. The van der Waals surface area contributed by atoms with Gasteiger partial charge in [0, 0.05) is 5.56 Å². The van der Waals surface area contributed by atoms with Crippen molar-refractivity contribution < 1.29 is 19.1 Å². The van der Waals surface area contributed by atoms with Crippen LogP contribution in [0.3, 0.4) is 0 Å². The lowest BCUT2D eigenvalue weighted by atomic mass is 10.1. The summed E-state index contributed by atoms with van der Waals surface area (Å²) in [6, 6.07) is 8.53. The maximum absolute atomic E-state index is 13.2. The Morgan fingerprint density at radius 3 is 2.57 bits per heavy atom. The van der Waals surface area contributed by atoms with E-state index in [1.54, 1.807) is 19.1 Å². The van der Waals surface area contributed by atoms with Crippen LogP contribution in [0.1, 0.15) is 26.3 Å². The van der Waals surface area contributed by atoms with Crippen molar-refractivity contribution in [1.29, 1.82) is 0 Å². The summed E-state index contributed by atoms with van der Waals surface area (Å²) in [5.74, 6) is -2.12. The van der Waals surface area contributed by atoms with Gasteiger partial charge in [0.05, 0.1) is 15.7 Å². The number of carboxylic acids is 1. The van der Waals surface area contributed by atoms with Gasteiger partial charge in [-0.05, 0) is 52.7 Å². The summed E-state index contributed by atoms with van der Waals surface area (Å²) < 4.78 is 13.3. The topological polar surface area (TPSA) is 66.4 Å². The SMILES string of the molecule is Cc1cccc(C(=O)O)c1NC(=O)c1ccc(F)c(Br)c1. The van der Waals surface area contributed by atoms with Gasteiger partial charge in [-0.15, -0.1) is 0 Å². The van der Waals surface area contributed by atoms with E-state index in [0.29, 0.717) is 5.56 Å². The maximum atomic E-state index is 13.2. The molecule has 21 heavy (non-hydrogen) atoms. The zero-order valence-electron chi connectivity index (χ0n) is 11.0. The van der Waals surface area contributed by atoms with E-state index < -0.39 is 17.7 Å². The largest absolute Gasteiger partial charge is 0.478 e. The van der Waals surface area contributed by atoms with E-state index in [9.17, 15) is 14.0 Å². The van der Waals surface area contributed by atoms with Gasteiger partial charge in [-0.25, -0.2) is 9.18 Å². The smallest absolute Gasteiger partial charge is 0.337 e. The molecule has 0 aliphatic heterocycles. The van der Waals surface area contributed by atoms with Crippen molar-refractivity contribution >= 4 is 33.5 Å². The second kappa shape index (κ2) is 6.05. The summed E-state index contributed by atoms with van der Waals surface area (Å²) >= 11 is 3.00. The van der Waals surface area contributed by atoms with Gasteiger partial charge in [-0.2, -0.15) is 0 Å². The lowest BCUT2D eigenvalue weighted by Gasteiger charge is -2.11. The molecule has 6 heteroatoms. The number of hydrogen-bond donors (Lipinski definition) is 2. The average Bonchev–Trinajstić information content (AvgIpc) is 2.43. The minimum atomic E-state index is -1.13. The summed E-state index contributed by atoms with van der Waals surface area (Å²) in [6.45, 7) is 1.70. The number of halogens is 2. The minimum Gasteiger partial charge on any atom is -0.478 e. The molecule has 2 aromatic carbocycles. The van der Waals surface area contributed by atoms with E-state index in [2.05, 4.69) is 21.2 Å². The Morgan fingerprint density at radius 2 is 1.95 bits per heavy atom. The van der Waals surface area contributed by atoms with Gasteiger partial charge in [0.1, 0.15) is 5.82 Å². The van der Waals surface area contributed by atoms with Crippen molar-refractivity contribution in [2.45, 2.75) is 6.92 Å². The summed E-state index contributed by atoms with van der Waals surface area (Å²) in [7, 11) is 0. The van der Waals surface area contributed by atoms with Crippen LogP contribution in [0.15, 0.2) is 40.9 Å². The molecule has 0 saturated carbocycles. The Bertz CT molecular complexity index is 731. The lowest BCUT2D eigenvalue weighted by Crippen LogP contribution is -2.16. The van der Waals surface area contributed by atoms with Crippen LogP contribution in [0.25, 0.3) is 0 Å². The number of hydrogen-bond acceptors (Lipinski definition) is 2. The predicted octanol–water partition coefficient (Wildman–Crippen LogP) is 3.85. The van der Waals surface area contributed by atoms with Crippen molar-refractivity contribution in [3.8, 4) is 0 Å². The average molecular weight is 352 g/mol. The fourth-order valence-electron chi connectivity index (χ4n) is 1.83. The van der Waals surface area contributed by atoms with E-state index in [1.165, 1.54) is 18.2 Å². The summed E-state index contributed by atoms with van der Waals surface area (Å²) in [4.78, 5) is 23.3. The van der Waals surface area contributed by atoms with Crippen molar-refractivity contribution in [3.63, 3.8) is 0 Å². The first-order valence-corrected chi connectivity index (χ1v) is 6.78. The molecule has 2 rings (SSSR count). The molecule has 2 N–H and O–H groups in total. The van der Waals surface area contributed by atoms with Crippen LogP contribution in [-0.2, 0) is 0 Å². The highest BCUT2D eigenvalue weighted by molar-refractivity contribution is 9.10. The van der Waals surface area contributed by atoms with Gasteiger partial charge in [0.15, 0.2) is 0 Å². The van der Waals surface area contributed by atoms with Crippen molar-refractivity contribution in [1.82, 2.24) is 0 Å². The lowest BCUT2D eigenvalue weighted by molar-refractivity contribution is 0.0698.